The van der Waals surface area contributed by atoms with Crippen molar-refractivity contribution in [2.24, 2.45) is 0 Å². The highest BCUT2D eigenvalue weighted by atomic mass is 35.5. The minimum absolute atomic E-state index is 0.233. The molecule has 9 heteroatoms. The maximum atomic E-state index is 13.5. The average Bonchev–Trinajstić information content (AvgIpc) is 2.23. The first-order chi connectivity index (χ1) is 8.41. The largest absolute Gasteiger partial charge is 0.434 e. The smallest absolute Gasteiger partial charge is 0.384 e. The second-order valence-electron chi connectivity index (χ2n) is 3.66. The predicted octanol–water partition coefficient (Wildman–Crippen LogP) is 4.21. The second-order valence-corrected chi connectivity index (χ2v) is 4.10. The summed E-state index contributed by atoms with van der Waals surface area (Å²) in [5, 5.41) is 8.93. The maximum Gasteiger partial charge on any atom is 0.434 e. The lowest BCUT2D eigenvalue weighted by atomic mass is 9.91. The molecule has 0 fully saturated rings. The zero-order valence-corrected chi connectivity index (χ0v) is 9.61. The standard InChI is InChI=1S/C10H6ClF7O/c11-6-3-1-2-5(4-6)7(19)8(12,9(13,14)15)10(16,17)18/h1-4,7,19H. The van der Waals surface area contributed by atoms with Crippen LogP contribution in [0, 0.1) is 0 Å². The minimum Gasteiger partial charge on any atom is -0.384 e. The van der Waals surface area contributed by atoms with Crippen LogP contribution in [0.2, 0.25) is 5.02 Å². The van der Waals surface area contributed by atoms with Crippen LogP contribution in [0.25, 0.3) is 0 Å². The monoisotopic (exact) mass is 310 g/mol. The number of benzene rings is 1. The fraction of sp³-hybridized carbons (Fsp3) is 0.400. The van der Waals surface area contributed by atoms with Crippen LogP contribution in [0.1, 0.15) is 11.7 Å². The van der Waals surface area contributed by atoms with Crippen molar-refractivity contribution in [3.8, 4) is 0 Å². The van der Waals surface area contributed by atoms with E-state index >= 15 is 0 Å². The Morgan fingerprint density at radius 1 is 0.947 bits per heavy atom. The summed E-state index contributed by atoms with van der Waals surface area (Å²) < 4.78 is 87.6. The molecule has 0 saturated carbocycles. The molecule has 1 aromatic rings. The summed E-state index contributed by atoms with van der Waals surface area (Å²) >= 11 is 5.37. The lowest BCUT2D eigenvalue weighted by molar-refractivity contribution is -0.366. The number of aliphatic hydroxyl groups is 1. The summed E-state index contributed by atoms with van der Waals surface area (Å²) in [6, 6.07) is 3.48. The Balaban J connectivity index is 3.36. The first-order valence-corrected chi connectivity index (χ1v) is 5.05. The van der Waals surface area contributed by atoms with E-state index in [9.17, 15) is 30.7 Å². The van der Waals surface area contributed by atoms with Crippen LogP contribution in [0.15, 0.2) is 24.3 Å². The highest BCUT2D eigenvalue weighted by Crippen LogP contribution is 2.53. The first-order valence-electron chi connectivity index (χ1n) is 4.67. The molecule has 0 heterocycles. The number of hydrogen-bond acceptors (Lipinski definition) is 1. The molecule has 0 aliphatic carbocycles. The molecule has 0 aliphatic heterocycles. The first kappa shape index (κ1) is 16.0. The van der Waals surface area contributed by atoms with Crippen molar-refractivity contribution in [1.29, 1.82) is 0 Å². The van der Waals surface area contributed by atoms with Gasteiger partial charge in [-0.25, -0.2) is 4.39 Å². The number of aliphatic hydroxyl groups excluding tert-OH is 1. The van der Waals surface area contributed by atoms with E-state index in [4.69, 9.17) is 16.7 Å². The highest BCUT2D eigenvalue weighted by molar-refractivity contribution is 6.30. The summed E-state index contributed by atoms with van der Waals surface area (Å²) in [5.74, 6) is 0. The SMILES string of the molecule is OC(c1cccc(Cl)c1)C(F)(C(F)(F)F)C(F)(F)F. The molecule has 1 N–H and O–H groups in total. The van der Waals surface area contributed by atoms with Gasteiger partial charge in [-0.3, -0.25) is 0 Å². The Hall–Kier alpha value is -1.02. The molecule has 1 unspecified atom stereocenters. The van der Waals surface area contributed by atoms with Gasteiger partial charge in [0.2, 0.25) is 0 Å². The quantitative estimate of drug-likeness (QED) is 0.811. The lowest BCUT2D eigenvalue weighted by Crippen LogP contribution is -2.57. The third kappa shape index (κ3) is 2.79. The van der Waals surface area contributed by atoms with Gasteiger partial charge < -0.3 is 5.11 Å². The van der Waals surface area contributed by atoms with Crippen LogP contribution in [-0.4, -0.2) is 23.1 Å². The molecule has 0 radical (unpaired) electrons. The Morgan fingerprint density at radius 3 is 1.79 bits per heavy atom. The van der Waals surface area contributed by atoms with E-state index in [0.717, 1.165) is 12.1 Å². The Kier molecular flexibility index (Phi) is 4.07. The molecular formula is C10H6ClF7O. The van der Waals surface area contributed by atoms with Gasteiger partial charge in [-0.05, 0) is 17.7 Å². The molecule has 0 amide bonds. The van der Waals surface area contributed by atoms with E-state index in [1.165, 1.54) is 0 Å². The Labute approximate surface area is 107 Å². The summed E-state index contributed by atoms with van der Waals surface area (Å²) in [7, 11) is 0. The second kappa shape index (κ2) is 4.82. The van der Waals surface area contributed by atoms with Gasteiger partial charge in [0.15, 0.2) is 0 Å². The van der Waals surface area contributed by atoms with E-state index in [1.807, 2.05) is 0 Å². The molecule has 0 spiro atoms. The third-order valence-electron chi connectivity index (χ3n) is 2.37. The lowest BCUT2D eigenvalue weighted by Gasteiger charge is -2.33. The van der Waals surface area contributed by atoms with Crippen molar-refractivity contribution < 1.29 is 35.8 Å². The van der Waals surface area contributed by atoms with Gasteiger partial charge in [0.1, 0.15) is 6.10 Å². The topological polar surface area (TPSA) is 20.2 Å². The van der Waals surface area contributed by atoms with Gasteiger partial charge in [0.25, 0.3) is 0 Å². The summed E-state index contributed by atoms with van der Waals surface area (Å²) in [6.07, 6.45) is -16.1. The van der Waals surface area contributed by atoms with Crippen molar-refractivity contribution in [2.45, 2.75) is 24.1 Å². The highest BCUT2D eigenvalue weighted by Gasteiger charge is 2.76. The van der Waals surface area contributed by atoms with Crippen LogP contribution >= 0.6 is 11.6 Å². The summed E-state index contributed by atoms with van der Waals surface area (Å²) in [6.45, 7) is 0. The molecule has 0 saturated heterocycles. The molecule has 1 nitrogen and oxygen atoms in total. The van der Waals surface area contributed by atoms with Crippen LogP contribution in [0.5, 0.6) is 0 Å². The molecule has 19 heavy (non-hydrogen) atoms. The molecule has 0 bridgehead atoms. The van der Waals surface area contributed by atoms with Crippen molar-refractivity contribution >= 4 is 11.6 Å². The van der Waals surface area contributed by atoms with Crippen molar-refractivity contribution in [1.82, 2.24) is 0 Å². The molecule has 108 valence electrons. The van der Waals surface area contributed by atoms with Gasteiger partial charge in [-0.2, -0.15) is 26.3 Å². The molecular weight excluding hydrogens is 305 g/mol. The summed E-state index contributed by atoms with van der Waals surface area (Å²) in [4.78, 5) is 0. The van der Waals surface area contributed by atoms with E-state index in [0.29, 0.717) is 12.1 Å². The fourth-order valence-electron chi connectivity index (χ4n) is 1.38. The third-order valence-corrected chi connectivity index (χ3v) is 2.60. The fourth-order valence-corrected chi connectivity index (χ4v) is 1.58. The number of rotatable bonds is 2. The van der Waals surface area contributed by atoms with E-state index in [-0.39, 0.29) is 5.02 Å². The molecule has 1 rings (SSSR count). The van der Waals surface area contributed by atoms with Gasteiger partial charge in [0, 0.05) is 5.02 Å². The minimum atomic E-state index is -6.33. The van der Waals surface area contributed by atoms with Gasteiger partial charge in [0.05, 0.1) is 0 Å². The maximum absolute atomic E-state index is 13.5. The van der Waals surface area contributed by atoms with Crippen LogP contribution in [0.3, 0.4) is 0 Å². The van der Waals surface area contributed by atoms with Crippen molar-refractivity contribution in [2.75, 3.05) is 0 Å². The summed E-state index contributed by atoms with van der Waals surface area (Å²) in [5.41, 5.74) is -6.70. The van der Waals surface area contributed by atoms with E-state index in [1.54, 1.807) is 0 Å². The molecule has 0 aromatic heterocycles. The predicted molar refractivity (Wildman–Crippen MR) is 52.4 cm³/mol. The molecule has 1 aromatic carbocycles. The molecule has 0 aliphatic rings. The number of hydrogen-bond donors (Lipinski definition) is 1. The van der Waals surface area contributed by atoms with Crippen LogP contribution in [0.4, 0.5) is 30.7 Å². The normalized spacial score (nSPS) is 15.4. The number of halogens is 8. The Bertz CT molecular complexity index is 440. The van der Waals surface area contributed by atoms with Gasteiger partial charge >= 0.3 is 18.0 Å². The van der Waals surface area contributed by atoms with Crippen molar-refractivity contribution in [3.05, 3.63) is 34.9 Å². The van der Waals surface area contributed by atoms with Crippen molar-refractivity contribution in [3.63, 3.8) is 0 Å². The van der Waals surface area contributed by atoms with E-state index in [2.05, 4.69) is 0 Å². The zero-order chi connectivity index (χ0) is 15.1. The van der Waals surface area contributed by atoms with Crippen LogP contribution in [-0.2, 0) is 0 Å². The Morgan fingerprint density at radius 2 is 1.42 bits per heavy atom. The van der Waals surface area contributed by atoms with E-state index < -0.39 is 29.7 Å². The van der Waals surface area contributed by atoms with Gasteiger partial charge in [-0.15, -0.1) is 0 Å². The molecule has 1 atom stereocenters. The van der Waals surface area contributed by atoms with Gasteiger partial charge in [-0.1, -0.05) is 23.7 Å². The van der Waals surface area contributed by atoms with Crippen LogP contribution < -0.4 is 0 Å². The average molecular weight is 311 g/mol. The number of alkyl halides is 7. The zero-order valence-electron chi connectivity index (χ0n) is 8.86.